The van der Waals surface area contributed by atoms with Gasteiger partial charge in [0.1, 0.15) is 17.4 Å². The van der Waals surface area contributed by atoms with Crippen LogP contribution < -0.4 is 36.6 Å². The molecule has 1 saturated carbocycles. The normalized spacial score (nSPS) is 15.5. The van der Waals surface area contributed by atoms with E-state index in [1.165, 1.54) is 86.0 Å². The molecule has 4 aliphatic heterocycles. The maximum absolute atomic E-state index is 13.9. The third kappa shape index (κ3) is 23.3. The Morgan fingerprint density at radius 2 is 0.836 bits per heavy atom. The number of piperidine rings is 3. The number of aliphatic hydroxyl groups is 4. The second-order valence-corrected chi connectivity index (χ2v) is 40.6. The fourth-order valence-electron chi connectivity index (χ4n) is 19.3. The second kappa shape index (κ2) is 42.8. The van der Waals surface area contributed by atoms with Crippen LogP contribution >= 0.6 is 0 Å². The number of methoxy groups -OCH3 is 2. The van der Waals surface area contributed by atoms with E-state index in [1.807, 2.05) is 78.9 Å². The van der Waals surface area contributed by atoms with Crippen LogP contribution in [0.2, 0.25) is 0 Å². The third-order valence-corrected chi connectivity index (χ3v) is 29.0. The number of anilines is 1. The summed E-state index contributed by atoms with van der Waals surface area (Å²) in [4.78, 5) is 122. The Balaban J connectivity index is 0.000000128. The van der Waals surface area contributed by atoms with Crippen molar-refractivity contribution < 1.29 is 84.4 Å². The highest BCUT2D eigenvalue weighted by molar-refractivity contribution is 7.86. The molecule has 0 bridgehead atoms. The predicted molar refractivity (Wildman–Crippen MR) is 536 cm³/mol. The molecule has 42 nitrogen and oxygen atoms in total. The molecule has 0 radical (unpaired) electrons. The zero-order valence-corrected chi connectivity index (χ0v) is 81.9. The topological polar surface area (TPSA) is 582 Å². The van der Waals surface area contributed by atoms with Crippen LogP contribution in [-0.2, 0) is 60.2 Å². The number of nitrogens with zero attached hydrogens (tertiary/aromatic N) is 13. The number of benzene rings is 7. The molecule has 5 fully saturated rings. The quantitative estimate of drug-likeness (QED) is 0.0168. The number of hydrogen-bond donors (Lipinski definition) is 15. The van der Waals surface area contributed by atoms with Crippen molar-refractivity contribution in [1.29, 1.82) is 0 Å². The molecule has 766 valence electrons. The molecule has 7 aromatic carbocycles. The van der Waals surface area contributed by atoms with E-state index in [2.05, 4.69) is 75.1 Å². The second-order valence-electron chi connectivity index (χ2n) is 37.8. The van der Waals surface area contributed by atoms with Gasteiger partial charge in [0.15, 0.2) is 0 Å². The molecule has 146 heavy (non-hydrogen) atoms. The van der Waals surface area contributed by atoms with Crippen LogP contribution in [0.3, 0.4) is 0 Å². The minimum atomic E-state index is -4.47. The number of aromatic amines is 8. The number of carbonyl (C=O) groups excluding carboxylic acids is 2. The van der Waals surface area contributed by atoms with Crippen LogP contribution in [0.5, 0.6) is 17.6 Å². The molecule has 13 heterocycles. The van der Waals surface area contributed by atoms with Crippen molar-refractivity contribution in [3.05, 3.63) is 245 Å². The average Bonchev–Trinajstić information content (AvgIpc) is 1.62. The highest BCUT2D eigenvalue weighted by Crippen LogP contribution is 2.42. The van der Waals surface area contributed by atoms with Crippen molar-refractivity contribution in [2.45, 2.75) is 157 Å². The van der Waals surface area contributed by atoms with Crippen LogP contribution in [-0.4, -0.2) is 241 Å². The van der Waals surface area contributed by atoms with E-state index in [4.69, 9.17) is 34.3 Å². The first-order valence-electron chi connectivity index (χ1n) is 48.3. The first kappa shape index (κ1) is 101. The minimum absolute atomic E-state index is 0.0391. The summed E-state index contributed by atoms with van der Waals surface area (Å²) in [5.41, 5.74) is 11.3. The minimum Gasteiger partial charge on any atom is -0.508 e. The lowest BCUT2D eigenvalue weighted by atomic mass is 9.90. The van der Waals surface area contributed by atoms with E-state index >= 15 is 0 Å². The van der Waals surface area contributed by atoms with Gasteiger partial charge in [0, 0.05) is 129 Å². The Labute approximate surface area is 833 Å². The maximum atomic E-state index is 13.9. The molecule has 2 amide bonds. The van der Waals surface area contributed by atoms with Gasteiger partial charge in [-0.05, 0) is 224 Å². The molecule has 5 aliphatic rings. The molecule has 16 aromatic rings. The van der Waals surface area contributed by atoms with Gasteiger partial charge in [0.25, 0.3) is 42.5 Å². The lowest BCUT2D eigenvalue weighted by Crippen LogP contribution is -2.51. The average molecular weight is 2040 g/mol. The predicted octanol–water partition coefficient (Wildman–Crippen LogP) is 11.7. The zero-order valence-electron chi connectivity index (χ0n) is 80.3. The number of halogens is 1. The van der Waals surface area contributed by atoms with Gasteiger partial charge in [0.05, 0.1) is 85.2 Å². The first-order chi connectivity index (χ1) is 70.0. The van der Waals surface area contributed by atoms with Gasteiger partial charge in [-0.2, -0.15) is 45.5 Å². The number of ether oxygens (including phenoxy) is 4. The molecule has 1 aliphatic carbocycles. The Kier molecular flexibility index (Phi) is 29.6. The van der Waals surface area contributed by atoms with Gasteiger partial charge < -0.3 is 79.1 Å². The van der Waals surface area contributed by atoms with E-state index in [-0.39, 0.29) is 74.5 Å². The number of aromatic nitrogens is 18. The molecule has 4 saturated heterocycles. The molecule has 9 aromatic heterocycles. The standard InChI is InChI=1S/C27H31N5O7S.C26H31N7O4.C25H27N5O8S.C23H23FN4O2/c1-27(2,35)39-26(34)31-14-12-17(13-15-31)10-11-20-23(18-6-5-7-19(16-18)40(36,37)38)30-32(24(20)33)25-28-21-8-3-4-9-22(21)29-25;1-36-22-14-21(29-26(30-22)37-2)32-11-9-15(10-12-32)3-7-18-23(16-4-5-16)31-33(24(18)35)25-27-19-8-6-17(34)13-20(19)28-25;31-22-18(9-8-15-10-12-29(13-11-15)23(32)25(33,34)35)21(16-4-3-5-17(14-16)39(36,37)38)28-30(22)24-26-19-6-1-2-7-20(19)27-24;24-17-5-3-4-16(14-17)21-18(9-8-15-10-12-30-13-11-15)22(29)28(27-21)23-25-19-6-1-2-7-20(19)26-23/h3-9,16-17,30,35H,10-15H2,1-2H3,(H,28,29)(H,36,37,38);6,8,13-16,31,34H,3-5,7,9-12H2,1-2H3,(H,27,28);1-7,14-15,28,33-35H,8-13H2,(H,26,27)(H,36,37,38);1-7,14-15,27H,8-13H2,(H,25,26). The van der Waals surface area contributed by atoms with E-state index < -0.39 is 44.0 Å². The lowest BCUT2D eigenvalue weighted by molar-refractivity contribution is -0.295. The van der Waals surface area contributed by atoms with E-state index in [0.29, 0.717) is 191 Å². The molecule has 21 rings (SSSR count). The number of amides is 2. The molecular formula is C101H112FN21O21S2. The van der Waals surface area contributed by atoms with Crippen molar-refractivity contribution >= 4 is 82.2 Å². The van der Waals surface area contributed by atoms with Gasteiger partial charge in [0.2, 0.25) is 35.5 Å². The number of fused-ring (bicyclic) bond motifs is 4. The van der Waals surface area contributed by atoms with E-state index in [9.17, 15) is 69.3 Å². The van der Waals surface area contributed by atoms with E-state index in [0.717, 1.165) is 123 Å². The Bertz CT molecular complexity index is 7830. The van der Waals surface area contributed by atoms with Crippen molar-refractivity contribution in [1.82, 2.24) is 98.8 Å². The summed E-state index contributed by atoms with van der Waals surface area (Å²) in [5.74, 6) is -1.77. The van der Waals surface area contributed by atoms with E-state index in [1.54, 1.807) is 61.6 Å². The van der Waals surface area contributed by atoms with Gasteiger partial charge in [-0.15, -0.1) is 0 Å². The number of nitrogens with one attached hydrogen (secondary N) is 8. The monoisotopic (exact) mass is 2040 g/mol. The molecule has 0 unspecified atom stereocenters. The number of phenolic OH excluding ortho intramolecular Hbond substituents is 1. The van der Waals surface area contributed by atoms with Gasteiger partial charge in [-0.1, -0.05) is 72.8 Å². The van der Waals surface area contributed by atoms with Crippen LogP contribution in [0.25, 0.3) is 102 Å². The Morgan fingerprint density at radius 3 is 1.25 bits per heavy atom. The number of para-hydroxylation sites is 6. The number of hydrogen-bond acceptors (Lipinski definition) is 26. The number of carbonyl (C=O) groups is 2. The lowest BCUT2D eigenvalue weighted by Gasteiger charge is -2.33. The Morgan fingerprint density at radius 1 is 0.438 bits per heavy atom. The summed E-state index contributed by atoms with van der Waals surface area (Å²) in [7, 11) is -5.79. The first-order valence-corrected chi connectivity index (χ1v) is 51.2. The summed E-state index contributed by atoms with van der Waals surface area (Å²) in [6, 6.07) is 47.1. The fourth-order valence-corrected chi connectivity index (χ4v) is 20.4. The highest BCUT2D eigenvalue weighted by atomic mass is 32.2. The number of aromatic hydroxyl groups is 1. The number of rotatable bonds is 27. The number of imidazole rings is 4. The van der Waals surface area contributed by atoms with Crippen LogP contribution in [0.15, 0.2) is 199 Å². The van der Waals surface area contributed by atoms with Crippen molar-refractivity contribution in [2.24, 2.45) is 23.7 Å². The molecular weight excluding hydrogens is 1930 g/mol. The molecule has 0 spiro atoms. The van der Waals surface area contributed by atoms with Crippen molar-refractivity contribution in [2.75, 3.05) is 71.6 Å². The maximum Gasteiger partial charge on any atom is 0.412 e. The zero-order chi connectivity index (χ0) is 103. The smallest absolute Gasteiger partial charge is 0.412 e. The summed E-state index contributed by atoms with van der Waals surface area (Å²) < 4.78 is 107. The summed E-state index contributed by atoms with van der Waals surface area (Å²) in [5, 5.41) is 59.7. The van der Waals surface area contributed by atoms with Crippen molar-refractivity contribution in [3.63, 3.8) is 0 Å². The molecule has 0 atom stereocenters. The summed E-state index contributed by atoms with van der Waals surface area (Å²) in [6.07, 6.45) is 13.3. The number of phenols is 1. The van der Waals surface area contributed by atoms with Crippen molar-refractivity contribution in [3.8, 4) is 75.2 Å². The largest absolute Gasteiger partial charge is 0.508 e. The summed E-state index contributed by atoms with van der Waals surface area (Å²) >= 11 is 0. The van der Waals surface area contributed by atoms with Crippen LogP contribution in [0.4, 0.5) is 15.0 Å². The van der Waals surface area contributed by atoms with Crippen LogP contribution in [0, 0.1) is 29.5 Å². The van der Waals surface area contributed by atoms with Crippen LogP contribution in [0.1, 0.15) is 138 Å². The number of H-pyrrole nitrogens is 8. The third-order valence-electron chi connectivity index (χ3n) is 27.3. The van der Waals surface area contributed by atoms with Gasteiger partial charge in [-0.3, -0.25) is 53.5 Å². The fraction of sp³-hybridized carbons (Fsp3) is 0.366. The molecule has 15 N–H and O–H groups in total. The van der Waals surface area contributed by atoms with Gasteiger partial charge in [-0.25, -0.2) is 29.1 Å². The SMILES string of the molecule is CC(C)(O)OC(=O)N1CCC(CCc2c(-c3cccc(S(=O)(=O)O)c3)[nH]n(-c3nc4ccccc4[nH]3)c2=O)CC1.COc1cc(N2CCC(CCc3c(C4CC4)[nH]n(-c4nc5ccc(O)cc5[nH]4)c3=O)CC2)nc(OC)n1.O=C(N1CCC(CCc2c(-c3cccc(S(=O)(=O)O)c3)[nH]n(-c3nc4ccccc4[nH]3)c2=O)CC1)C(O)(O)O.O=c1c(CCC2CCOCC2)c(-c2cccc(F)c2)[nH]n1-c1nc2ccccc2[nH]1. The Hall–Kier alpha value is -15.0. The molecule has 45 heteroatoms. The number of likely N-dealkylation sites (tertiary alicyclic amines) is 2. The van der Waals surface area contributed by atoms with Gasteiger partial charge >= 0.3 is 24.0 Å². The highest BCUT2D eigenvalue weighted by Gasteiger charge is 2.39. The summed E-state index contributed by atoms with van der Waals surface area (Å²) in [6.45, 7) is 7.48.